The summed E-state index contributed by atoms with van der Waals surface area (Å²) in [5, 5.41) is 3.38. The third kappa shape index (κ3) is 6.85. The number of likely N-dealkylation sites (N-methyl/N-ethyl adjacent to an activating group) is 1. The molecule has 0 fully saturated rings. The van der Waals surface area contributed by atoms with Crippen molar-refractivity contribution in [1.82, 2.24) is 4.90 Å². The smallest absolute Gasteiger partial charge is 0.185 e. The van der Waals surface area contributed by atoms with Crippen LogP contribution in [0.3, 0.4) is 0 Å². The van der Waals surface area contributed by atoms with Crippen LogP contribution in [0.15, 0.2) is 54.6 Å². The number of ketones is 1. The van der Waals surface area contributed by atoms with Crippen LogP contribution in [0, 0.1) is 0 Å². The third-order valence-corrected chi connectivity index (χ3v) is 4.28. The summed E-state index contributed by atoms with van der Waals surface area (Å²) in [6.45, 7) is 4.09. The third-order valence-electron chi connectivity index (χ3n) is 4.28. The summed E-state index contributed by atoms with van der Waals surface area (Å²) in [5.74, 6) is 0.0419. The van der Waals surface area contributed by atoms with E-state index in [0.717, 1.165) is 36.3 Å². The molecule has 2 rings (SSSR count). The van der Waals surface area contributed by atoms with Crippen LogP contribution >= 0.6 is 0 Å². The van der Waals surface area contributed by atoms with Gasteiger partial charge >= 0.3 is 0 Å². The lowest BCUT2D eigenvalue weighted by Crippen LogP contribution is -2.20. The van der Waals surface area contributed by atoms with Gasteiger partial charge in [-0.2, -0.15) is 0 Å². The average Bonchev–Trinajstić information content (AvgIpc) is 2.65. The van der Waals surface area contributed by atoms with Gasteiger partial charge in [-0.25, -0.2) is 0 Å². The van der Waals surface area contributed by atoms with Crippen molar-refractivity contribution in [3.63, 3.8) is 0 Å². The van der Waals surface area contributed by atoms with Gasteiger partial charge in [-0.15, -0.1) is 0 Å². The lowest BCUT2D eigenvalue weighted by Gasteiger charge is -2.11. The fourth-order valence-corrected chi connectivity index (χ4v) is 2.62. The van der Waals surface area contributed by atoms with Crippen molar-refractivity contribution in [2.24, 2.45) is 0 Å². The summed E-state index contributed by atoms with van der Waals surface area (Å²) in [4.78, 5) is 14.5. The number of nitrogens with one attached hydrogen (secondary N) is 1. The molecule has 0 aliphatic heterocycles. The number of aryl methyl sites for hydroxylation is 1. The number of rotatable bonds is 10. The van der Waals surface area contributed by atoms with Gasteiger partial charge < -0.3 is 10.2 Å². The molecule has 0 spiro atoms. The molecule has 0 amide bonds. The zero-order chi connectivity index (χ0) is 18.8. The number of nitrogens with zero attached hydrogens (tertiary/aromatic N) is 1. The molecule has 2 aromatic carbocycles. The zero-order valence-electron chi connectivity index (χ0n) is 16.2. The summed E-state index contributed by atoms with van der Waals surface area (Å²) in [7, 11) is 4.12. The fraction of sp³-hybridized carbons (Fsp3) is 0.348. The average molecular weight is 351 g/mol. The molecular weight excluding hydrogens is 320 g/mol. The molecule has 0 saturated carbocycles. The van der Waals surface area contributed by atoms with Gasteiger partial charge in [0.2, 0.25) is 0 Å². The van der Waals surface area contributed by atoms with Gasteiger partial charge in [0.05, 0.1) is 0 Å². The Hall–Kier alpha value is -2.39. The minimum atomic E-state index is 0.0419. The van der Waals surface area contributed by atoms with E-state index in [2.05, 4.69) is 43.4 Å². The Kier molecular flexibility index (Phi) is 8.10. The summed E-state index contributed by atoms with van der Waals surface area (Å²) in [6.07, 6.45) is 6.97. The molecule has 0 aromatic heterocycles. The summed E-state index contributed by atoms with van der Waals surface area (Å²) < 4.78 is 0. The van der Waals surface area contributed by atoms with Gasteiger partial charge in [-0.05, 0) is 56.3 Å². The molecule has 1 N–H and O–H groups in total. The SMILES string of the molecule is CCCCc1ccc(C(=O)C=Cc2ccc(NCCN(C)C)cc2)cc1. The topological polar surface area (TPSA) is 32.3 Å². The summed E-state index contributed by atoms with van der Waals surface area (Å²) >= 11 is 0. The number of unbranched alkanes of at least 4 members (excludes halogenated alkanes) is 1. The maximum Gasteiger partial charge on any atom is 0.185 e. The molecule has 0 aliphatic rings. The highest BCUT2D eigenvalue weighted by molar-refractivity contribution is 6.06. The predicted molar refractivity (Wildman–Crippen MR) is 112 cm³/mol. The second kappa shape index (κ2) is 10.6. The second-order valence-corrected chi connectivity index (χ2v) is 6.85. The van der Waals surface area contributed by atoms with Crippen LogP contribution in [0.5, 0.6) is 0 Å². The monoisotopic (exact) mass is 350 g/mol. The highest BCUT2D eigenvalue weighted by Gasteiger charge is 2.02. The van der Waals surface area contributed by atoms with E-state index >= 15 is 0 Å². The van der Waals surface area contributed by atoms with Crippen molar-refractivity contribution >= 4 is 17.5 Å². The maximum atomic E-state index is 12.3. The Balaban J connectivity index is 1.88. The Morgan fingerprint density at radius 1 is 1.04 bits per heavy atom. The number of hydrogen-bond donors (Lipinski definition) is 1. The van der Waals surface area contributed by atoms with Crippen LogP contribution in [0.2, 0.25) is 0 Å². The first-order valence-corrected chi connectivity index (χ1v) is 9.38. The summed E-state index contributed by atoms with van der Waals surface area (Å²) in [5.41, 5.74) is 4.15. The molecule has 0 radical (unpaired) electrons. The maximum absolute atomic E-state index is 12.3. The quantitative estimate of drug-likeness (QED) is 0.489. The first-order valence-electron chi connectivity index (χ1n) is 9.38. The molecular formula is C23H30N2O. The number of benzene rings is 2. The van der Waals surface area contributed by atoms with E-state index in [4.69, 9.17) is 0 Å². The van der Waals surface area contributed by atoms with Gasteiger partial charge in [-0.3, -0.25) is 4.79 Å². The van der Waals surface area contributed by atoms with Crippen molar-refractivity contribution in [1.29, 1.82) is 0 Å². The molecule has 0 bridgehead atoms. The standard InChI is InChI=1S/C23H30N2O/c1-4-5-6-19-7-12-21(13-8-19)23(26)16-11-20-9-14-22(15-10-20)24-17-18-25(2)3/h7-16,24H,4-6,17-18H2,1-3H3. The van der Waals surface area contributed by atoms with E-state index in [1.165, 1.54) is 18.4 Å². The van der Waals surface area contributed by atoms with Crippen LogP contribution < -0.4 is 5.32 Å². The van der Waals surface area contributed by atoms with Gasteiger partial charge in [0.25, 0.3) is 0 Å². The van der Waals surface area contributed by atoms with Crippen molar-refractivity contribution in [2.45, 2.75) is 26.2 Å². The minimum Gasteiger partial charge on any atom is -0.384 e. The highest BCUT2D eigenvalue weighted by Crippen LogP contribution is 2.12. The molecule has 0 heterocycles. The molecule has 0 aliphatic carbocycles. The predicted octanol–water partition coefficient (Wildman–Crippen LogP) is 4.90. The van der Waals surface area contributed by atoms with E-state index in [0.29, 0.717) is 0 Å². The second-order valence-electron chi connectivity index (χ2n) is 6.85. The largest absolute Gasteiger partial charge is 0.384 e. The van der Waals surface area contributed by atoms with Crippen molar-refractivity contribution in [3.8, 4) is 0 Å². The molecule has 0 saturated heterocycles. The Bertz CT molecular complexity index is 700. The van der Waals surface area contributed by atoms with Gasteiger partial charge in [0.1, 0.15) is 0 Å². The van der Waals surface area contributed by atoms with Crippen LogP contribution in [-0.2, 0) is 6.42 Å². The van der Waals surface area contributed by atoms with Crippen LogP contribution in [0.1, 0.15) is 41.3 Å². The Morgan fingerprint density at radius 3 is 2.35 bits per heavy atom. The molecule has 0 unspecified atom stereocenters. The minimum absolute atomic E-state index is 0.0419. The van der Waals surface area contributed by atoms with E-state index < -0.39 is 0 Å². The first kappa shape index (κ1) is 19.9. The van der Waals surface area contributed by atoms with E-state index in [1.807, 2.05) is 42.5 Å². The molecule has 2 aromatic rings. The van der Waals surface area contributed by atoms with Crippen molar-refractivity contribution in [3.05, 3.63) is 71.3 Å². The molecule has 0 atom stereocenters. The number of anilines is 1. The number of carbonyl (C=O) groups excluding carboxylic acids is 1. The van der Waals surface area contributed by atoms with Crippen LogP contribution in [0.4, 0.5) is 5.69 Å². The lowest BCUT2D eigenvalue weighted by atomic mass is 10.0. The van der Waals surface area contributed by atoms with Gasteiger partial charge in [0.15, 0.2) is 5.78 Å². The number of allylic oxidation sites excluding steroid dienone is 1. The molecule has 26 heavy (non-hydrogen) atoms. The Labute approximate surface area is 157 Å². The van der Waals surface area contributed by atoms with Gasteiger partial charge in [-0.1, -0.05) is 55.8 Å². The molecule has 3 nitrogen and oxygen atoms in total. The Morgan fingerprint density at radius 2 is 1.73 bits per heavy atom. The molecule has 138 valence electrons. The van der Waals surface area contributed by atoms with Crippen LogP contribution in [-0.4, -0.2) is 37.9 Å². The first-order chi connectivity index (χ1) is 12.6. The van der Waals surface area contributed by atoms with E-state index in [-0.39, 0.29) is 5.78 Å². The van der Waals surface area contributed by atoms with Crippen molar-refractivity contribution in [2.75, 3.05) is 32.5 Å². The lowest BCUT2D eigenvalue weighted by molar-refractivity contribution is 0.104. The summed E-state index contributed by atoms with van der Waals surface area (Å²) in [6, 6.07) is 16.1. The van der Waals surface area contributed by atoms with Crippen LogP contribution in [0.25, 0.3) is 6.08 Å². The number of hydrogen-bond acceptors (Lipinski definition) is 3. The van der Waals surface area contributed by atoms with Gasteiger partial charge in [0, 0.05) is 24.3 Å². The normalized spacial score (nSPS) is 11.2. The van der Waals surface area contributed by atoms with E-state index in [1.54, 1.807) is 6.08 Å². The van der Waals surface area contributed by atoms with Crippen molar-refractivity contribution < 1.29 is 4.79 Å². The number of carbonyl (C=O) groups is 1. The fourth-order valence-electron chi connectivity index (χ4n) is 2.62. The van der Waals surface area contributed by atoms with E-state index in [9.17, 15) is 4.79 Å². The molecule has 3 heteroatoms. The zero-order valence-corrected chi connectivity index (χ0v) is 16.2. The highest BCUT2D eigenvalue weighted by atomic mass is 16.1.